The number of hydrogen-bond acceptors (Lipinski definition) is 2. The molecule has 0 radical (unpaired) electrons. The number of rotatable bonds is 3. The van der Waals surface area contributed by atoms with Crippen LogP contribution in [0.5, 0.6) is 5.75 Å². The molecule has 1 rings (SSSR count). The number of benzene rings is 1. The summed E-state index contributed by atoms with van der Waals surface area (Å²) in [5.74, 6) is 2.41. The van der Waals surface area contributed by atoms with Crippen molar-refractivity contribution in [3.63, 3.8) is 0 Å². The van der Waals surface area contributed by atoms with Gasteiger partial charge in [-0.3, -0.25) is 4.79 Å². The van der Waals surface area contributed by atoms with Gasteiger partial charge in [-0.2, -0.15) is 0 Å². The number of hydrogen-bond donors (Lipinski definition) is 0. The second kappa shape index (κ2) is 4.32. The summed E-state index contributed by atoms with van der Waals surface area (Å²) in [5, 5.41) is 0. The van der Waals surface area contributed by atoms with Crippen LogP contribution < -0.4 is 4.74 Å². The van der Waals surface area contributed by atoms with E-state index < -0.39 is 0 Å². The smallest absolute Gasteiger partial charge is 0.235 e. The maximum absolute atomic E-state index is 11.1. The van der Waals surface area contributed by atoms with E-state index in [-0.39, 0.29) is 5.78 Å². The molecule has 13 heavy (non-hydrogen) atoms. The highest BCUT2D eigenvalue weighted by molar-refractivity contribution is 6.08. The first kappa shape index (κ1) is 9.34. The summed E-state index contributed by atoms with van der Waals surface area (Å²) < 4.78 is 5.22. The van der Waals surface area contributed by atoms with Crippen molar-refractivity contribution in [3.05, 3.63) is 29.8 Å². The van der Waals surface area contributed by atoms with Gasteiger partial charge in [0.25, 0.3) is 0 Å². The molecule has 0 saturated heterocycles. The molecule has 0 amide bonds. The SMILES string of the molecule is C#CC(=O)c1cccc(OCC)c1. The van der Waals surface area contributed by atoms with Crippen LogP contribution in [0.25, 0.3) is 0 Å². The van der Waals surface area contributed by atoms with Crippen molar-refractivity contribution in [1.29, 1.82) is 0 Å². The average Bonchev–Trinajstić information content (AvgIpc) is 2.18. The highest BCUT2D eigenvalue weighted by atomic mass is 16.5. The van der Waals surface area contributed by atoms with Crippen molar-refractivity contribution in [2.45, 2.75) is 6.92 Å². The van der Waals surface area contributed by atoms with Crippen LogP contribution in [0.15, 0.2) is 24.3 Å². The van der Waals surface area contributed by atoms with E-state index in [2.05, 4.69) is 5.92 Å². The summed E-state index contributed by atoms with van der Waals surface area (Å²) in [6, 6.07) is 6.85. The molecule has 0 bridgehead atoms. The zero-order valence-electron chi connectivity index (χ0n) is 7.41. The molecule has 0 heterocycles. The van der Waals surface area contributed by atoms with Gasteiger partial charge in [-0.1, -0.05) is 12.1 Å². The van der Waals surface area contributed by atoms with Gasteiger partial charge < -0.3 is 4.74 Å². The average molecular weight is 174 g/mol. The molecule has 0 aliphatic carbocycles. The third-order valence-electron chi connectivity index (χ3n) is 1.54. The highest BCUT2D eigenvalue weighted by Gasteiger charge is 2.02. The van der Waals surface area contributed by atoms with Gasteiger partial charge in [-0.05, 0) is 25.0 Å². The van der Waals surface area contributed by atoms with E-state index >= 15 is 0 Å². The van der Waals surface area contributed by atoms with Crippen molar-refractivity contribution in [1.82, 2.24) is 0 Å². The number of Topliss-reactive ketones (excluding diaryl/α,β-unsaturated/α-hetero) is 1. The van der Waals surface area contributed by atoms with E-state index in [0.717, 1.165) is 0 Å². The van der Waals surface area contributed by atoms with E-state index in [4.69, 9.17) is 11.2 Å². The number of ether oxygens (including phenoxy) is 1. The minimum atomic E-state index is -0.318. The summed E-state index contributed by atoms with van der Waals surface area (Å²) in [7, 11) is 0. The van der Waals surface area contributed by atoms with Crippen LogP contribution >= 0.6 is 0 Å². The highest BCUT2D eigenvalue weighted by Crippen LogP contribution is 2.13. The molecule has 0 spiro atoms. The number of carbonyl (C=O) groups excluding carboxylic acids is 1. The second-order valence-corrected chi connectivity index (χ2v) is 2.43. The maximum Gasteiger partial charge on any atom is 0.235 e. The van der Waals surface area contributed by atoms with Crippen LogP contribution in [0.1, 0.15) is 17.3 Å². The van der Waals surface area contributed by atoms with Crippen LogP contribution in [-0.2, 0) is 0 Å². The second-order valence-electron chi connectivity index (χ2n) is 2.43. The molecule has 0 unspecified atom stereocenters. The summed E-state index contributed by atoms with van der Waals surface area (Å²) in [4.78, 5) is 11.1. The predicted molar refractivity (Wildman–Crippen MR) is 50.8 cm³/mol. The lowest BCUT2D eigenvalue weighted by molar-refractivity contribution is 0.105. The Bertz CT molecular complexity index is 347. The van der Waals surface area contributed by atoms with Crippen molar-refractivity contribution < 1.29 is 9.53 Å². The molecule has 0 aliphatic rings. The monoisotopic (exact) mass is 174 g/mol. The molecule has 66 valence electrons. The third-order valence-corrected chi connectivity index (χ3v) is 1.54. The fourth-order valence-corrected chi connectivity index (χ4v) is 0.977. The van der Waals surface area contributed by atoms with Crippen molar-refractivity contribution >= 4 is 5.78 Å². The molecular weight excluding hydrogens is 164 g/mol. The maximum atomic E-state index is 11.1. The molecule has 0 aromatic heterocycles. The Hall–Kier alpha value is -1.75. The standard InChI is InChI=1S/C11H10O2/c1-3-11(12)9-6-5-7-10(8-9)13-4-2/h1,5-8H,4H2,2H3. The summed E-state index contributed by atoms with van der Waals surface area (Å²) in [5.41, 5.74) is 0.494. The lowest BCUT2D eigenvalue weighted by Crippen LogP contribution is -1.96. The molecule has 1 aromatic carbocycles. The first-order valence-corrected chi connectivity index (χ1v) is 4.01. The first-order valence-electron chi connectivity index (χ1n) is 4.01. The minimum Gasteiger partial charge on any atom is -0.494 e. The van der Waals surface area contributed by atoms with Crippen LogP contribution in [0.2, 0.25) is 0 Å². The fourth-order valence-electron chi connectivity index (χ4n) is 0.977. The van der Waals surface area contributed by atoms with Gasteiger partial charge in [0.2, 0.25) is 5.78 Å². The Balaban J connectivity index is 2.93. The molecule has 0 saturated carbocycles. The molecule has 2 heteroatoms. The molecule has 2 nitrogen and oxygen atoms in total. The quantitative estimate of drug-likeness (QED) is 0.397. The van der Waals surface area contributed by atoms with Gasteiger partial charge >= 0.3 is 0 Å². The van der Waals surface area contributed by atoms with E-state index in [1.54, 1.807) is 24.3 Å². The van der Waals surface area contributed by atoms with E-state index in [9.17, 15) is 4.79 Å². The first-order chi connectivity index (χ1) is 6.27. The zero-order valence-corrected chi connectivity index (χ0v) is 7.41. The van der Waals surface area contributed by atoms with Gasteiger partial charge in [-0.15, -0.1) is 6.42 Å². The molecule has 1 aromatic rings. The Morgan fingerprint density at radius 3 is 3.00 bits per heavy atom. The molecule has 0 fully saturated rings. The minimum absolute atomic E-state index is 0.318. The van der Waals surface area contributed by atoms with Crippen molar-refractivity contribution in [2.24, 2.45) is 0 Å². The Labute approximate surface area is 77.5 Å². The van der Waals surface area contributed by atoms with Crippen molar-refractivity contribution in [3.8, 4) is 18.1 Å². The largest absolute Gasteiger partial charge is 0.494 e. The van der Waals surface area contributed by atoms with Crippen LogP contribution in [-0.4, -0.2) is 12.4 Å². The van der Waals surface area contributed by atoms with E-state index in [1.807, 2.05) is 6.92 Å². The van der Waals surface area contributed by atoms with Gasteiger partial charge in [0.1, 0.15) is 5.75 Å². The van der Waals surface area contributed by atoms with E-state index in [0.29, 0.717) is 17.9 Å². The Morgan fingerprint density at radius 1 is 1.62 bits per heavy atom. The lowest BCUT2D eigenvalue weighted by atomic mass is 10.1. The molecular formula is C11H10O2. The molecule has 0 atom stereocenters. The number of carbonyl (C=O) groups is 1. The normalized spacial score (nSPS) is 8.92. The van der Waals surface area contributed by atoms with Crippen molar-refractivity contribution in [2.75, 3.05) is 6.61 Å². The van der Waals surface area contributed by atoms with Gasteiger partial charge in [0, 0.05) is 5.56 Å². The molecule has 0 aliphatic heterocycles. The van der Waals surface area contributed by atoms with Gasteiger partial charge in [0.15, 0.2) is 0 Å². The summed E-state index contributed by atoms with van der Waals surface area (Å²) in [6.07, 6.45) is 4.99. The van der Waals surface area contributed by atoms with Crippen LogP contribution in [0.4, 0.5) is 0 Å². The summed E-state index contributed by atoms with van der Waals surface area (Å²) in [6.45, 7) is 2.46. The van der Waals surface area contributed by atoms with Gasteiger partial charge in [0.05, 0.1) is 6.61 Å². The zero-order chi connectivity index (χ0) is 9.68. The fraction of sp³-hybridized carbons (Fsp3) is 0.182. The Kier molecular flexibility index (Phi) is 3.10. The van der Waals surface area contributed by atoms with Crippen LogP contribution in [0, 0.1) is 12.3 Å². The summed E-state index contributed by atoms with van der Waals surface area (Å²) >= 11 is 0. The topological polar surface area (TPSA) is 26.3 Å². The number of terminal acetylenes is 1. The third kappa shape index (κ3) is 2.34. The van der Waals surface area contributed by atoms with Gasteiger partial charge in [-0.25, -0.2) is 0 Å². The van der Waals surface area contributed by atoms with E-state index in [1.165, 1.54) is 0 Å². The lowest BCUT2D eigenvalue weighted by Gasteiger charge is -2.02. The van der Waals surface area contributed by atoms with Crippen LogP contribution in [0.3, 0.4) is 0 Å². The predicted octanol–water partition coefficient (Wildman–Crippen LogP) is 1.90. The Morgan fingerprint density at radius 2 is 2.38 bits per heavy atom. The number of ketones is 1. The molecule has 0 N–H and O–H groups in total.